The maximum Gasteiger partial charge on any atom is 0.277 e. The van der Waals surface area contributed by atoms with Crippen molar-refractivity contribution in [3.63, 3.8) is 0 Å². The van der Waals surface area contributed by atoms with E-state index in [0.29, 0.717) is 23.5 Å². The lowest BCUT2D eigenvalue weighted by Crippen LogP contribution is -1.95. The molecule has 148 valence electrons. The maximum atomic E-state index is 5.80. The number of benzene rings is 2. The van der Waals surface area contributed by atoms with Crippen LogP contribution >= 0.6 is 23.1 Å². The van der Waals surface area contributed by atoms with Gasteiger partial charge in [0.25, 0.3) is 5.22 Å². The molecule has 0 saturated carbocycles. The molecule has 0 aliphatic rings. The fraction of sp³-hybridized carbons (Fsp3) is 0.227. The van der Waals surface area contributed by atoms with Crippen LogP contribution in [0.2, 0.25) is 0 Å². The Bertz CT molecular complexity index is 1100. The molecule has 0 aliphatic carbocycles. The summed E-state index contributed by atoms with van der Waals surface area (Å²) in [6.07, 6.45) is 0. The summed E-state index contributed by atoms with van der Waals surface area (Å²) in [5.74, 6) is 2.07. The zero-order valence-electron chi connectivity index (χ0n) is 16.5. The maximum absolute atomic E-state index is 5.80. The second-order valence-electron chi connectivity index (χ2n) is 6.80. The molecule has 0 saturated heterocycles. The molecule has 2 aromatic heterocycles. The van der Waals surface area contributed by atoms with Gasteiger partial charge in [-0.2, -0.15) is 0 Å². The summed E-state index contributed by atoms with van der Waals surface area (Å²) < 4.78 is 11.6. The number of hydrogen-bond acceptors (Lipinski definition) is 7. The van der Waals surface area contributed by atoms with Gasteiger partial charge in [-0.05, 0) is 56.2 Å². The van der Waals surface area contributed by atoms with E-state index in [9.17, 15) is 0 Å². The quantitative estimate of drug-likeness (QED) is 0.340. The van der Waals surface area contributed by atoms with Crippen LogP contribution in [0.1, 0.15) is 27.4 Å². The van der Waals surface area contributed by atoms with Crippen molar-refractivity contribution in [3.05, 3.63) is 75.2 Å². The van der Waals surface area contributed by atoms with Crippen molar-refractivity contribution in [2.24, 2.45) is 0 Å². The molecule has 0 N–H and O–H groups in total. The van der Waals surface area contributed by atoms with Gasteiger partial charge in [0.05, 0.1) is 5.69 Å². The summed E-state index contributed by atoms with van der Waals surface area (Å²) in [4.78, 5) is 4.63. The van der Waals surface area contributed by atoms with Crippen LogP contribution in [0.5, 0.6) is 5.75 Å². The van der Waals surface area contributed by atoms with Crippen LogP contribution < -0.4 is 4.74 Å². The highest BCUT2D eigenvalue weighted by molar-refractivity contribution is 7.98. The summed E-state index contributed by atoms with van der Waals surface area (Å²) in [7, 11) is 0. The Balaban J connectivity index is 1.32. The third-order valence-corrected chi connectivity index (χ3v) is 6.21. The predicted octanol–water partition coefficient (Wildman–Crippen LogP) is 5.99. The summed E-state index contributed by atoms with van der Waals surface area (Å²) in [6.45, 7) is 6.69. The van der Waals surface area contributed by atoms with Gasteiger partial charge in [-0.15, -0.1) is 21.5 Å². The van der Waals surface area contributed by atoms with E-state index < -0.39 is 0 Å². The molecule has 0 unspecified atom stereocenters. The van der Waals surface area contributed by atoms with Crippen molar-refractivity contribution in [1.29, 1.82) is 0 Å². The van der Waals surface area contributed by atoms with E-state index >= 15 is 0 Å². The lowest BCUT2D eigenvalue weighted by molar-refractivity contribution is 0.305. The van der Waals surface area contributed by atoms with Crippen molar-refractivity contribution < 1.29 is 9.15 Å². The van der Waals surface area contributed by atoms with Gasteiger partial charge in [0.2, 0.25) is 5.89 Å². The number of nitrogens with zero attached hydrogens (tertiary/aromatic N) is 3. The van der Waals surface area contributed by atoms with Gasteiger partial charge in [-0.1, -0.05) is 35.5 Å². The smallest absolute Gasteiger partial charge is 0.277 e. The molecule has 4 rings (SSSR count). The first kappa shape index (κ1) is 19.7. The molecular formula is C22H21N3O2S2. The van der Waals surface area contributed by atoms with Crippen molar-refractivity contribution in [2.45, 2.75) is 38.4 Å². The second-order valence-corrected chi connectivity index (χ2v) is 8.66. The van der Waals surface area contributed by atoms with E-state index in [-0.39, 0.29) is 0 Å². The molecule has 0 spiro atoms. The highest BCUT2D eigenvalue weighted by atomic mass is 32.2. The molecule has 0 fully saturated rings. The Labute approximate surface area is 178 Å². The number of aromatic nitrogens is 3. The van der Waals surface area contributed by atoms with Gasteiger partial charge in [0.1, 0.15) is 17.4 Å². The standard InChI is InChI=1S/C22H21N3O2S2/c1-14-4-8-19(9-5-14)26-11-20-23-18(12-28-20)13-29-22-25-24-21(27-22)17-7-6-15(2)16(3)10-17/h4-10,12H,11,13H2,1-3H3. The topological polar surface area (TPSA) is 61.0 Å². The van der Waals surface area contributed by atoms with E-state index in [0.717, 1.165) is 22.0 Å². The fourth-order valence-corrected chi connectivity index (χ4v) is 4.12. The number of ether oxygens (including phenoxy) is 1. The molecule has 5 nitrogen and oxygen atoms in total. The lowest BCUT2D eigenvalue weighted by Gasteiger charge is -2.03. The number of thiazole rings is 1. The molecule has 7 heteroatoms. The Morgan fingerprint density at radius 2 is 1.83 bits per heavy atom. The Hall–Kier alpha value is -2.64. The van der Waals surface area contributed by atoms with Crippen LogP contribution in [0.15, 0.2) is 57.5 Å². The first-order valence-corrected chi connectivity index (χ1v) is 11.1. The van der Waals surface area contributed by atoms with Crippen LogP contribution in [0.25, 0.3) is 11.5 Å². The Kier molecular flexibility index (Phi) is 5.97. The van der Waals surface area contributed by atoms with Crippen LogP contribution in [0, 0.1) is 20.8 Å². The second kappa shape index (κ2) is 8.80. The molecule has 2 aromatic carbocycles. The molecule has 29 heavy (non-hydrogen) atoms. The van der Waals surface area contributed by atoms with E-state index in [1.54, 1.807) is 11.3 Å². The van der Waals surface area contributed by atoms with Gasteiger partial charge < -0.3 is 9.15 Å². The average Bonchev–Trinajstić information content (AvgIpc) is 3.37. The highest BCUT2D eigenvalue weighted by Crippen LogP contribution is 2.27. The monoisotopic (exact) mass is 423 g/mol. The SMILES string of the molecule is Cc1ccc(OCc2nc(CSc3nnc(-c4ccc(C)c(C)c4)o3)cs2)cc1. The van der Waals surface area contributed by atoms with Crippen molar-refractivity contribution in [3.8, 4) is 17.2 Å². The van der Waals surface area contributed by atoms with E-state index in [4.69, 9.17) is 9.15 Å². The largest absolute Gasteiger partial charge is 0.486 e. The highest BCUT2D eigenvalue weighted by Gasteiger charge is 2.11. The molecule has 4 aromatic rings. The van der Waals surface area contributed by atoms with Gasteiger partial charge >= 0.3 is 0 Å². The number of rotatable bonds is 7. The van der Waals surface area contributed by atoms with Gasteiger partial charge in [0, 0.05) is 16.7 Å². The van der Waals surface area contributed by atoms with E-state index in [1.165, 1.54) is 28.5 Å². The number of hydrogen-bond donors (Lipinski definition) is 0. The normalized spacial score (nSPS) is 11.0. The molecule has 0 radical (unpaired) electrons. The Morgan fingerprint density at radius 1 is 1.00 bits per heavy atom. The van der Waals surface area contributed by atoms with Crippen LogP contribution in [-0.4, -0.2) is 15.2 Å². The van der Waals surface area contributed by atoms with Crippen molar-refractivity contribution in [2.75, 3.05) is 0 Å². The average molecular weight is 424 g/mol. The summed E-state index contributed by atoms with van der Waals surface area (Å²) >= 11 is 3.08. The van der Waals surface area contributed by atoms with Gasteiger partial charge in [-0.3, -0.25) is 0 Å². The number of aryl methyl sites for hydroxylation is 3. The summed E-state index contributed by atoms with van der Waals surface area (Å²) in [6, 6.07) is 14.2. The lowest BCUT2D eigenvalue weighted by atomic mass is 10.1. The minimum atomic E-state index is 0.468. The predicted molar refractivity (Wildman–Crippen MR) is 116 cm³/mol. The van der Waals surface area contributed by atoms with E-state index in [1.807, 2.05) is 35.7 Å². The minimum absolute atomic E-state index is 0.468. The van der Waals surface area contributed by atoms with Crippen molar-refractivity contribution in [1.82, 2.24) is 15.2 Å². The van der Waals surface area contributed by atoms with Crippen LogP contribution in [0.3, 0.4) is 0 Å². The molecule has 0 amide bonds. The third-order valence-electron chi connectivity index (χ3n) is 4.49. The summed E-state index contributed by atoms with van der Waals surface area (Å²) in [5, 5.41) is 11.9. The van der Waals surface area contributed by atoms with Gasteiger partial charge in [-0.25, -0.2) is 4.98 Å². The van der Waals surface area contributed by atoms with Crippen LogP contribution in [0.4, 0.5) is 0 Å². The molecular weight excluding hydrogens is 402 g/mol. The van der Waals surface area contributed by atoms with Crippen molar-refractivity contribution >= 4 is 23.1 Å². The first-order chi connectivity index (χ1) is 14.1. The van der Waals surface area contributed by atoms with Gasteiger partial charge in [0.15, 0.2) is 0 Å². The summed E-state index contributed by atoms with van der Waals surface area (Å²) in [5.41, 5.74) is 5.59. The number of thioether (sulfide) groups is 1. The minimum Gasteiger partial charge on any atom is -0.486 e. The Morgan fingerprint density at radius 3 is 2.62 bits per heavy atom. The molecule has 0 aliphatic heterocycles. The van der Waals surface area contributed by atoms with E-state index in [2.05, 4.69) is 48.1 Å². The first-order valence-electron chi connectivity index (χ1n) is 9.23. The third kappa shape index (κ3) is 5.05. The zero-order valence-corrected chi connectivity index (χ0v) is 18.1. The molecule has 2 heterocycles. The fourth-order valence-electron chi connectivity index (χ4n) is 2.66. The zero-order chi connectivity index (χ0) is 20.2. The molecule has 0 bridgehead atoms. The van der Waals surface area contributed by atoms with Crippen LogP contribution in [-0.2, 0) is 12.4 Å². The molecule has 0 atom stereocenters.